The van der Waals surface area contributed by atoms with E-state index in [0.717, 1.165) is 270 Å². The first-order valence-corrected chi connectivity index (χ1v) is 53.2. The molecule has 0 heterocycles. The summed E-state index contributed by atoms with van der Waals surface area (Å²) < 4.78 is 24.8. The van der Waals surface area contributed by atoms with Crippen LogP contribution in [0.25, 0.3) is 0 Å². The Morgan fingerprint density at radius 2 is 0.331 bits per heavy atom. The molecule has 0 aliphatic rings. The molecule has 0 saturated carbocycles. The predicted molar refractivity (Wildman–Crippen MR) is 509 cm³/mol. The van der Waals surface area contributed by atoms with E-state index in [1.807, 2.05) is 0 Å². The zero-order chi connectivity index (χ0) is 85.8. The number of ether oxygens (including phenoxy) is 4. The highest BCUT2D eigenvalue weighted by atomic mass is 16.6. The molecule has 0 aromatic heterocycles. The van der Waals surface area contributed by atoms with Crippen molar-refractivity contribution in [3.05, 3.63) is 0 Å². The predicted octanol–water partition coefficient (Wildman–Crippen LogP) is 31.9. The van der Waals surface area contributed by atoms with Crippen LogP contribution in [0.4, 0.5) is 4.79 Å². The van der Waals surface area contributed by atoms with Crippen LogP contribution in [0.5, 0.6) is 0 Å². The van der Waals surface area contributed by atoms with E-state index in [-0.39, 0.29) is 54.3 Å². The summed E-state index contributed by atoms with van der Waals surface area (Å²) in [7, 11) is 0. The second-order valence-electron chi connectivity index (χ2n) is 36.8. The molecule has 0 saturated heterocycles. The van der Waals surface area contributed by atoms with Gasteiger partial charge in [-0.2, -0.15) is 0 Å². The summed E-state index contributed by atoms with van der Waals surface area (Å²) in [4.78, 5) is 71.7. The van der Waals surface area contributed by atoms with Crippen LogP contribution in [0, 0.1) is 0 Å². The smallest absolute Gasteiger partial charge is 0.314 e. The largest absolute Gasteiger partial charge is 0.462 e. The molecule has 118 heavy (non-hydrogen) atoms. The summed E-state index contributed by atoms with van der Waals surface area (Å²) >= 11 is 0. The highest BCUT2D eigenvalue weighted by molar-refractivity contribution is 5.73. The number of carbonyl (C=O) groups is 5. The van der Waals surface area contributed by atoms with E-state index in [0.29, 0.717) is 38.8 Å². The number of nitrogens with one attached hydrogen (secondary N) is 2. The molecular formula is C105H206N4O9. The maximum atomic E-state index is 13.6. The first-order chi connectivity index (χ1) is 58.0. The van der Waals surface area contributed by atoms with Gasteiger partial charge in [0.1, 0.15) is 24.4 Å². The minimum Gasteiger partial charge on any atom is -0.462 e. The number of rotatable bonds is 98. The van der Waals surface area contributed by atoms with Crippen molar-refractivity contribution in [3.8, 4) is 0 Å². The molecule has 0 atom stereocenters. The first-order valence-electron chi connectivity index (χ1n) is 53.2. The van der Waals surface area contributed by atoms with Crippen LogP contribution >= 0.6 is 0 Å². The summed E-state index contributed by atoms with van der Waals surface area (Å²) in [5.41, 5.74) is 0. The zero-order valence-corrected chi connectivity index (χ0v) is 80.6. The number of carbonyl (C=O) groups excluding carboxylic acids is 5. The second kappa shape index (κ2) is 94.7. The van der Waals surface area contributed by atoms with Gasteiger partial charge in [-0.25, -0.2) is 4.79 Å². The van der Waals surface area contributed by atoms with Crippen LogP contribution in [0.3, 0.4) is 0 Å². The van der Waals surface area contributed by atoms with Crippen molar-refractivity contribution < 1.29 is 42.9 Å². The summed E-state index contributed by atoms with van der Waals surface area (Å²) in [6.07, 6.45) is 91.9. The lowest BCUT2D eigenvalue weighted by molar-refractivity contribution is -0.151. The van der Waals surface area contributed by atoms with Crippen molar-refractivity contribution in [1.29, 1.82) is 0 Å². The molecule has 0 bridgehead atoms. The van der Waals surface area contributed by atoms with Crippen molar-refractivity contribution in [3.63, 3.8) is 0 Å². The van der Waals surface area contributed by atoms with E-state index in [4.69, 9.17) is 18.9 Å². The third-order valence-corrected chi connectivity index (χ3v) is 25.1. The Hall–Kier alpha value is -2.93. The van der Waals surface area contributed by atoms with Crippen molar-refractivity contribution in [2.24, 2.45) is 0 Å². The molecule has 0 aliphatic heterocycles. The van der Waals surface area contributed by atoms with E-state index in [2.05, 4.69) is 75.8 Å². The fraction of sp³-hybridized carbons (Fsp3) is 0.952. The molecule has 2 N–H and O–H groups in total. The van der Waals surface area contributed by atoms with Crippen molar-refractivity contribution in [1.82, 2.24) is 20.4 Å². The third kappa shape index (κ3) is 85.2. The standard InChI is InChI=1S/C105H206N4O9/c1-9-17-25-33-45-61-77-97(78-62-46-34-26-18-10-2)115-101(110)85-69-53-41-57-73-91-108(92-74-58-42-54-70-86-102(111)116-98(79-63-47-35-27-19-11-3)80-64-48-36-28-20-12-4)95-89-106-105(114)107-90-96-109(93-75-59-43-55-71-87-103(112)117-99(81-65-49-37-29-21-13-5)82-66-50-38-30-22-14-6)94-76-60-44-56-72-88-104(113)118-100(83-67-51-39-31-23-15-7)84-68-52-40-32-24-16-8/h97-100H,9-96H2,1-8H3,(H2,106,107,114). The van der Waals surface area contributed by atoms with Gasteiger partial charge in [-0.1, -0.05) is 389 Å². The highest BCUT2D eigenvalue weighted by Gasteiger charge is 2.20. The highest BCUT2D eigenvalue weighted by Crippen LogP contribution is 2.25. The first kappa shape index (κ1) is 115. The van der Waals surface area contributed by atoms with Gasteiger partial charge in [0, 0.05) is 51.9 Å². The zero-order valence-electron chi connectivity index (χ0n) is 80.6. The number of hydrogen-bond acceptors (Lipinski definition) is 11. The van der Waals surface area contributed by atoms with Gasteiger partial charge < -0.3 is 39.4 Å². The molecular weight excluding hydrogens is 1460 g/mol. The average Bonchev–Trinajstić information content (AvgIpc) is 0.989. The summed E-state index contributed by atoms with van der Waals surface area (Å²) in [6.45, 7) is 24.9. The minimum atomic E-state index is -0.103. The van der Waals surface area contributed by atoms with E-state index in [1.54, 1.807) is 0 Å². The Morgan fingerprint density at radius 1 is 0.186 bits per heavy atom. The maximum Gasteiger partial charge on any atom is 0.314 e. The van der Waals surface area contributed by atoms with Gasteiger partial charge in [0.15, 0.2) is 0 Å². The van der Waals surface area contributed by atoms with Gasteiger partial charge >= 0.3 is 29.9 Å². The summed E-state index contributed by atoms with van der Waals surface area (Å²) in [5, 5.41) is 6.48. The molecule has 0 fully saturated rings. The molecule has 0 spiro atoms. The van der Waals surface area contributed by atoms with E-state index >= 15 is 0 Å². The lowest BCUT2D eigenvalue weighted by Crippen LogP contribution is -2.43. The molecule has 0 aromatic carbocycles. The van der Waals surface area contributed by atoms with Crippen LogP contribution in [0.15, 0.2) is 0 Å². The number of amides is 2. The van der Waals surface area contributed by atoms with Gasteiger partial charge in [0.25, 0.3) is 0 Å². The monoisotopic (exact) mass is 1670 g/mol. The maximum absolute atomic E-state index is 13.6. The molecule has 700 valence electrons. The number of unbranched alkanes of at least 4 members (excludes halogenated alkanes) is 56. The Labute approximate surface area is 735 Å². The normalized spacial score (nSPS) is 11.8. The van der Waals surface area contributed by atoms with Crippen molar-refractivity contribution >= 4 is 29.9 Å². The van der Waals surface area contributed by atoms with Gasteiger partial charge in [-0.3, -0.25) is 19.2 Å². The minimum absolute atomic E-state index is 0.00195. The molecule has 0 unspecified atom stereocenters. The van der Waals surface area contributed by atoms with E-state index in [1.165, 1.54) is 257 Å². The molecule has 0 rings (SSSR count). The third-order valence-electron chi connectivity index (χ3n) is 25.1. The van der Waals surface area contributed by atoms with E-state index < -0.39 is 0 Å². The van der Waals surface area contributed by atoms with Crippen LogP contribution in [0.2, 0.25) is 0 Å². The van der Waals surface area contributed by atoms with Gasteiger partial charge in [-0.15, -0.1) is 0 Å². The molecule has 0 radical (unpaired) electrons. The Balaban J connectivity index is 5.89. The van der Waals surface area contributed by atoms with Crippen molar-refractivity contribution in [2.45, 2.75) is 593 Å². The second-order valence-corrected chi connectivity index (χ2v) is 36.8. The fourth-order valence-corrected chi connectivity index (χ4v) is 17.2. The van der Waals surface area contributed by atoms with Gasteiger partial charge in [-0.05, 0) is 180 Å². The number of nitrogens with zero attached hydrogens (tertiary/aromatic N) is 2. The van der Waals surface area contributed by atoms with Crippen molar-refractivity contribution in [2.75, 3.05) is 52.4 Å². The number of urea groups is 1. The summed E-state index contributed by atoms with van der Waals surface area (Å²) in [6, 6.07) is -0.103. The van der Waals surface area contributed by atoms with Crippen LogP contribution in [-0.2, 0) is 38.1 Å². The van der Waals surface area contributed by atoms with Crippen LogP contribution in [-0.4, -0.2) is 116 Å². The van der Waals surface area contributed by atoms with Gasteiger partial charge in [0.2, 0.25) is 0 Å². The topological polar surface area (TPSA) is 153 Å². The molecule has 0 aliphatic carbocycles. The Kier molecular flexibility index (Phi) is 92.4. The summed E-state index contributed by atoms with van der Waals surface area (Å²) in [5.74, 6) is -0.00782. The van der Waals surface area contributed by atoms with Crippen LogP contribution < -0.4 is 10.6 Å². The number of hydrogen-bond donors (Lipinski definition) is 2. The average molecular weight is 1670 g/mol. The number of esters is 4. The Bertz CT molecular complexity index is 1750. The van der Waals surface area contributed by atoms with Gasteiger partial charge in [0.05, 0.1) is 0 Å². The SMILES string of the molecule is CCCCCCCCC(CCCCCCCC)OC(=O)CCCCCCCN(CCCCCCCC(=O)OC(CCCCCCCC)CCCCCCCC)CCNC(=O)NCCN(CCCCCCCC(=O)OC(CCCCCCCC)CCCCCCCC)CCCCCCCC(=O)OC(CCCCCCCC)CCCCCCCC. The van der Waals surface area contributed by atoms with E-state index in [9.17, 15) is 24.0 Å². The Morgan fingerprint density at radius 3 is 0.500 bits per heavy atom. The lowest BCUT2D eigenvalue weighted by atomic mass is 10.0. The lowest BCUT2D eigenvalue weighted by Gasteiger charge is -2.24. The quantitative estimate of drug-likeness (QED) is 0.0340. The molecule has 2 amide bonds. The molecule has 13 nitrogen and oxygen atoms in total. The molecule has 13 heteroatoms. The van der Waals surface area contributed by atoms with Crippen LogP contribution in [0.1, 0.15) is 569 Å². The fourth-order valence-electron chi connectivity index (χ4n) is 17.2. The molecule has 0 aromatic rings.